The van der Waals surface area contributed by atoms with Gasteiger partial charge in [-0.05, 0) is 54.7 Å². The first-order valence-electron chi connectivity index (χ1n) is 10.2. The molecule has 0 bridgehead atoms. The highest BCUT2D eigenvalue weighted by atomic mass is 35.5. The summed E-state index contributed by atoms with van der Waals surface area (Å²) in [6.07, 6.45) is 2.68. The smallest absolute Gasteiger partial charge is 0.220 e. The van der Waals surface area contributed by atoms with Crippen molar-refractivity contribution in [3.8, 4) is 5.75 Å². The Morgan fingerprint density at radius 2 is 1.72 bits per heavy atom. The number of carbonyl (C=O) groups is 1. The van der Waals surface area contributed by atoms with Crippen LogP contribution in [0, 0.1) is 0 Å². The van der Waals surface area contributed by atoms with E-state index in [1.165, 1.54) is 5.56 Å². The maximum absolute atomic E-state index is 12.0. The summed E-state index contributed by atoms with van der Waals surface area (Å²) in [5.74, 6) is 0.788. The average Bonchev–Trinajstić information content (AvgIpc) is 2.74. The molecular weight excluding hydrogens is 388 g/mol. The third-order valence-corrected chi connectivity index (χ3v) is 5.36. The molecule has 0 aromatic heterocycles. The van der Waals surface area contributed by atoms with Crippen LogP contribution in [0.4, 0.5) is 0 Å². The van der Waals surface area contributed by atoms with Crippen LogP contribution in [0.5, 0.6) is 5.75 Å². The van der Waals surface area contributed by atoms with Gasteiger partial charge in [0.05, 0.1) is 12.7 Å². The zero-order chi connectivity index (χ0) is 20.5. The Kier molecular flexibility index (Phi) is 8.35. The van der Waals surface area contributed by atoms with Crippen molar-refractivity contribution in [3.05, 3.63) is 64.7 Å². The fourth-order valence-electron chi connectivity index (χ4n) is 3.34. The summed E-state index contributed by atoms with van der Waals surface area (Å²) >= 11 is 5.84. The van der Waals surface area contributed by atoms with Gasteiger partial charge in [-0.25, -0.2) is 0 Å². The second-order valence-electron chi connectivity index (χ2n) is 7.51. The number of carbonyl (C=O) groups excluding carboxylic acids is 1. The molecule has 156 valence electrons. The zero-order valence-electron chi connectivity index (χ0n) is 16.6. The maximum Gasteiger partial charge on any atom is 0.220 e. The number of nitrogens with one attached hydrogen (secondary N) is 1. The van der Waals surface area contributed by atoms with E-state index in [2.05, 4.69) is 34.5 Å². The summed E-state index contributed by atoms with van der Waals surface area (Å²) in [5, 5.41) is 13.2. The van der Waals surface area contributed by atoms with Crippen molar-refractivity contribution in [3.63, 3.8) is 0 Å². The monoisotopic (exact) mass is 416 g/mol. The van der Waals surface area contributed by atoms with E-state index in [0.717, 1.165) is 43.8 Å². The second-order valence-corrected chi connectivity index (χ2v) is 7.94. The van der Waals surface area contributed by atoms with E-state index < -0.39 is 0 Å². The Hall–Kier alpha value is -2.08. The molecule has 0 spiro atoms. The maximum atomic E-state index is 12.0. The van der Waals surface area contributed by atoms with E-state index in [-0.39, 0.29) is 12.0 Å². The standard InChI is InChI=1S/C23H29ClN2O3/c24-20-7-9-22(10-8-20)29-15-1-2-23(28)25-16-18-3-5-19(6-4-18)17-26-13-11-21(27)12-14-26/h3-10,21,27H,1-2,11-17H2,(H,25,28). The van der Waals surface area contributed by atoms with Crippen LogP contribution in [0.25, 0.3) is 0 Å². The van der Waals surface area contributed by atoms with Crippen molar-refractivity contribution in [1.29, 1.82) is 0 Å². The Labute approximate surface area is 177 Å². The number of likely N-dealkylation sites (tertiary alicyclic amines) is 1. The molecule has 0 atom stereocenters. The predicted octanol–water partition coefficient (Wildman–Crippen LogP) is 3.77. The molecule has 0 saturated carbocycles. The summed E-state index contributed by atoms with van der Waals surface area (Å²) in [6.45, 7) is 3.83. The Balaban J connectivity index is 1.31. The van der Waals surface area contributed by atoms with Crippen molar-refractivity contribution in [2.24, 2.45) is 0 Å². The van der Waals surface area contributed by atoms with Crippen molar-refractivity contribution < 1.29 is 14.6 Å². The largest absolute Gasteiger partial charge is 0.494 e. The number of aliphatic hydroxyl groups is 1. The third-order valence-electron chi connectivity index (χ3n) is 5.11. The number of piperidine rings is 1. The first-order chi connectivity index (χ1) is 14.1. The molecule has 1 amide bonds. The number of nitrogens with zero attached hydrogens (tertiary/aromatic N) is 1. The summed E-state index contributed by atoms with van der Waals surface area (Å²) in [4.78, 5) is 14.4. The van der Waals surface area contributed by atoms with Crippen LogP contribution >= 0.6 is 11.6 Å². The summed E-state index contributed by atoms with van der Waals surface area (Å²) in [5.41, 5.74) is 2.35. The topological polar surface area (TPSA) is 61.8 Å². The quantitative estimate of drug-likeness (QED) is 0.611. The molecule has 29 heavy (non-hydrogen) atoms. The molecule has 0 radical (unpaired) electrons. The van der Waals surface area contributed by atoms with Gasteiger partial charge in [-0.3, -0.25) is 9.69 Å². The van der Waals surface area contributed by atoms with Crippen LogP contribution in [0.15, 0.2) is 48.5 Å². The lowest BCUT2D eigenvalue weighted by Gasteiger charge is -2.29. The number of hydrogen-bond donors (Lipinski definition) is 2. The van der Waals surface area contributed by atoms with Gasteiger partial charge in [-0.15, -0.1) is 0 Å². The van der Waals surface area contributed by atoms with E-state index >= 15 is 0 Å². The van der Waals surface area contributed by atoms with Crippen LogP contribution in [-0.4, -0.2) is 41.7 Å². The number of benzene rings is 2. The first-order valence-corrected chi connectivity index (χ1v) is 10.6. The van der Waals surface area contributed by atoms with Gasteiger partial charge < -0.3 is 15.2 Å². The molecule has 1 heterocycles. The minimum absolute atomic E-state index is 0.0284. The van der Waals surface area contributed by atoms with Crippen LogP contribution in [0.1, 0.15) is 36.8 Å². The van der Waals surface area contributed by atoms with E-state index in [1.54, 1.807) is 12.1 Å². The molecule has 6 heteroatoms. The van der Waals surface area contributed by atoms with Crippen LogP contribution in [0.2, 0.25) is 5.02 Å². The van der Waals surface area contributed by atoms with E-state index in [9.17, 15) is 9.90 Å². The highest BCUT2D eigenvalue weighted by molar-refractivity contribution is 6.30. The highest BCUT2D eigenvalue weighted by Crippen LogP contribution is 2.16. The average molecular weight is 417 g/mol. The molecule has 3 rings (SSSR count). The molecular formula is C23H29ClN2O3. The number of rotatable bonds is 9. The summed E-state index contributed by atoms with van der Waals surface area (Å²) < 4.78 is 5.60. The van der Waals surface area contributed by atoms with Gasteiger partial charge in [0.2, 0.25) is 5.91 Å². The van der Waals surface area contributed by atoms with Crippen molar-refractivity contribution in [2.45, 2.75) is 44.9 Å². The lowest BCUT2D eigenvalue weighted by Crippen LogP contribution is -2.35. The van der Waals surface area contributed by atoms with Gasteiger partial charge in [0.15, 0.2) is 0 Å². The lowest BCUT2D eigenvalue weighted by molar-refractivity contribution is -0.121. The van der Waals surface area contributed by atoms with E-state index in [1.807, 2.05) is 12.1 Å². The van der Waals surface area contributed by atoms with E-state index in [0.29, 0.717) is 31.0 Å². The Morgan fingerprint density at radius 1 is 1.07 bits per heavy atom. The number of ether oxygens (including phenoxy) is 1. The number of halogens is 1. The third kappa shape index (κ3) is 7.69. The number of aliphatic hydroxyl groups excluding tert-OH is 1. The fourth-order valence-corrected chi connectivity index (χ4v) is 3.47. The first kappa shape index (κ1) is 21.6. The van der Waals surface area contributed by atoms with Crippen LogP contribution < -0.4 is 10.1 Å². The molecule has 5 nitrogen and oxygen atoms in total. The molecule has 2 N–H and O–H groups in total. The molecule has 1 saturated heterocycles. The summed E-state index contributed by atoms with van der Waals surface area (Å²) in [6, 6.07) is 15.6. The lowest BCUT2D eigenvalue weighted by atomic mass is 10.1. The molecule has 0 unspecified atom stereocenters. The van der Waals surface area contributed by atoms with Crippen LogP contribution in [-0.2, 0) is 17.9 Å². The van der Waals surface area contributed by atoms with Crippen molar-refractivity contribution in [2.75, 3.05) is 19.7 Å². The van der Waals surface area contributed by atoms with Crippen molar-refractivity contribution >= 4 is 17.5 Å². The minimum Gasteiger partial charge on any atom is -0.494 e. The van der Waals surface area contributed by atoms with Gasteiger partial charge in [-0.2, -0.15) is 0 Å². The SMILES string of the molecule is O=C(CCCOc1ccc(Cl)cc1)NCc1ccc(CN2CCC(O)CC2)cc1. The number of amides is 1. The molecule has 1 aliphatic rings. The molecule has 1 aliphatic heterocycles. The van der Waals surface area contributed by atoms with E-state index in [4.69, 9.17) is 16.3 Å². The summed E-state index contributed by atoms with van der Waals surface area (Å²) in [7, 11) is 0. The minimum atomic E-state index is -0.138. The Bertz CT molecular complexity index is 757. The fraction of sp³-hybridized carbons (Fsp3) is 0.435. The van der Waals surface area contributed by atoms with Gasteiger partial charge in [0, 0.05) is 37.6 Å². The number of hydrogen-bond acceptors (Lipinski definition) is 4. The highest BCUT2D eigenvalue weighted by Gasteiger charge is 2.16. The second kappa shape index (κ2) is 11.2. The van der Waals surface area contributed by atoms with Crippen LogP contribution in [0.3, 0.4) is 0 Å². The normalized spacial score (nSPS) is 15.2. The molecule has 2 aromatic carbocycles. The van der Waals surface area contributed by atoms with Crippen molar-refractivity contribution in [1.82, 2.24) is 10.2 Å². The molecule has 2 aromatic rings. The molecule has 1 fully saturated rings. The van der Waals surface area contributed by atoms with Gasteiger partial charge >= 0.3 is 0 Å². The predicted molar refractivity (Wildman–Crippen MR) is 115 cm³/mol. The van der Waals surface area contributed by atoms with Gasteiger partial charge in [-0.1, -0.05) is 35.9 Å². The zero-order valence-corrected chi connectivity index (χ0v) is 17.4. The van der Waals surface area contributed by atoms with Gasteiger partial charge in [0.1, 0.15) is 5.75 Å². The molecule has 0 aliphatic carbocycles. The Morgan fingerprint density at radius 3 is 2.41 bits per heavy atom. The van der Waals surface area contributed by atoms with Gasteiger partial charge in [0.25, 0.3) is 0 Å².